The van der Waals surface area contributed by atoms with Crippen molar-refractivity contribution in [3.63, 3.8) is 0 Å². The number of rotatable bonds is 2. The Morgan fingerprint density at radius 3 is 2.67 bits per heavy atom. The minimum atomic E-state index is -1.99. The highest BCUT2D eigenvalue weighted by Gasteiger charge is 2.32. The van der Waals surface area contributed by atoms with Crippen molar-refractivity contribution in [2.75, 3.05) is 6.54 Å². The number of aromatic amines is 1. The zero-order valence-corrected chi connectivity index (χ0v) is 11.6. The van der Waals surface area contributed by atoms with E-state index in [1.807, 2.05) is 0 Å². The number of ketones is 1. The van der Waals surface area contributed by atoms with Gasteiger partial charge in [0.25, 0.3) is 3.79 Å². The van der Waals surface area contributed by atoms with E-state index >= 15 is 0 Å². The molecule has 0 aromatic carbocycles. The van der Waals surface area contributed by atoms with Gasteiger partial charge in [0.05, 0.1) is 12.2 Å². The summed E-state index contributed by atoms with van der Waals surface area (Å²) in [5, 5.41) is 2.52. The van der Waals surface area contributed by atoms with Gasteiger partial charge in [0.2, 0.25) is 11.7 Å². The fraction of sp³-hybridized carbons (Fsp3) is 0.273. The van der Waals surface area contributed by atoms with Crippen molar-refractivity contribution < 1.29 is 9.59 Å². The highest BCUT2D eigenvalue weighted by molar-refractivity contribution is 6.77. The van der Waals surface area contributed by atoms with Crippen LogP contribution < -0.4 is 5.32 Å². The van der Waals surface area contributed by atoms with Gasteiger partial charge in [-0.25, -0.2) is 0 Å². The Hall–Kier alpha value is -1.15. The molecule has 0 radical (unpaired) electrons. The molecule has 0 saturated carbocycles. The zero-order valence-electron chi connectivity index (χ0n) is 9.31. The second-order valence-electron chi connectivity index (χ2n) is 3.34. The monoisotopic (exact) mass is 306 g/mol. The van der Waals surface area contributed by atoms with E-state index in [1.165, 1.54) is 19.2 Å². The van der Waals surface area contributed by atoms with Gasteiger partial charge in [0.15, 0.2) is 0 Å². The van der Waals surface area contributed by atoms with E-state index in [0.717, 1.165) is 0 Å². The molecule has 4 nitrogen and oxygen atoms in total. The number of carbonyl (C=O) groups is 2. The van der Waals surface area contributed by atoms with Crippen LogP contribution in [0.15, 0.2) is 12.3 Å². The van der Waals surface area contributed by atoms with Gasteiger partial charge in [-0.2, -0.15) is 0 Å². The number of nitrogens with one attached hydrogen (secondary N) is 2. The number of hydrogen-bond donors (Lipinski definition) is 2. The lowest BCUT2D eigenvalue weighted by Crippen LogP contribution is -2.19. The molecule has 0 saturated heterocycles. The second-order valence-corrected chi connectivity index (χ2v) is 5.62. The lowest BCUT2D eigenvalue weighted by molar-refractivity contribution is -0.118. The van der Waals surface area contributed by atoms with Crippen molar-refractivity contribution >= 4 is 46.5 Å². The molecule has 0 aliphatic carbocycles. The minimum absolute atomic E-state index is 0.162. The lowest BCUT2D eigenvalue weighted by Gasteiger charge is -2.06. The highest BCUT2D eigenvalue weighted by atomic mass is 35.6. The summed E-state index contributed by atoms with van der Waals surface area (Å²) in [7, 11) is 0. The summed E-state index contributed by atoms with van der Waals surface area (Å²) >= 11 is 16.4. The predicted octanol–water partition coefficient (Wildman–Crippen LogP) is 2.06. The van der Waals surface area contributed by atoms with Crippen LogP contribution in [0.3, 0.4) is 0 Å². The molecule has 1 rings (SSSR count). The molecule has 0 unspecified atom stereocenters. The maximum atomic E-state index is 11.6. The Bertz CT molecular complexity index is 520. The number of alkyl halides is 3. The van der Waals surface area contributed by atoms with Crippen LogP contribution in [0, 0.1) is 11.8 Å². The van der Waals surface area contributed by atoms with Gasteiger partial charge in [-0.05, 0) is 6.07 Å². The van der Waals surface area contributed by atoms with Crippen molar-refractivity contribution in [2.24, 2.45) is 0 Å². The van der Waals surface area contributed by atoms with E-state index in [1.54, 1.807) is 0 Å². The zero-order chi connectivity index (χ0) is 13.8. The van der Waals surface area contributed by atoms with Crippen molar-refractivity contribution in [1.82, 2.24) is 10.3 Å². The number of hydrogen-bond acceptors (Lipinski definition) is 2. The first-order valence-corrected chi connectivity index (χ1v) is 5.97. The van der Waals surface area contributed by atoms with E-state index in [9.17, 15) is 9.59 Å². The van der Waals surface area contributed by atoms with E-state index in [2.05, 4.69) is 22.1 Å². The average Bonchev–Trinajstić information content (AvgIpc) is 2.70. The number of halogens is 3. The molecule has 1 heterocycles. The first kappa shape index (κ1) is 14.9. The SMILES string of the molecule is CC(=O)NCC#Cc1c[nH]c(C(=O)C(Cl)(Cl)Cl)c1. The van der Waals surface area contributed by atoms with Crippen molar-refractivity contribution in [3.05, 3.63) is 23.5 Å². The largest absolute Gasteiger partial charge is 0.357 e. The number of carbonyl (C=O) groups excluding carboxylic acids is 2. The van der Waals surface area contributed by atoms with Gasteiger partial charge in [-0.3, -0.25) is 9.59 Å². The quantitative estimate of drug-likeness (QED) is 0.499. The third-order valence-corrected chi connectivity index (χ3v) is 2.36. The summed E-state index contributed by atoms with van der Waals surface area (Å²) in [6.07, 6.45) is 1.52. The summed E-state index contributed by atoms with van der Waals surface area (Å²) in [6.45, 7) is 1.63. The molecule has 0 spiro atoms. The van der Waals surface area contributed by atoms with Crippen LogP contribution in [0.4, 0.5) is 0 Å². The van der Waals surface area contributed by atoms with Crippen molar-refractivity contribution in [3.8, 4) is 11.8 Å². The fourth-order valence-electron chi connectivity index (χ4n) is 1.07. The van der Waals surface area contributed by atoms with Crippen molar-refractivity contribution in [1.29, 1.82) is 0 Å². The molecule has 2 N–H and O–H groups in total. The maximum Gasteiger partial charge on any atom is 0.254 e. The van der Waals surface area contributed by atoms with E-state index in [0.29, 0.717) is 5.56 Å². The number of amides is 1. The Morgan fingerprint density at radius 1 is 1.44 bits per heavy atom. The van der Waals surface area contributed by atoms with Gasteiger partial charge in [-0.15, -0.1) is 0 Å². The summed E-state index contributed by atoms with van der Waals surface area (Å²) in [5.41, 5.74) is 0.733. The fourth-order valence-corrected chi connectivity index (χ4v) is 1.37. The van der Waals surface area contributed by atoms with E-state index in [4.69, 9.17) is 34.8 Å². The molecular weight excluding hydrogens is 298 g/mol. The maximum absolute atomic E-state index is 11.6. The molecule has 1 aromatic heterocycles. The lowest BCUT2D eigenvalue weighted by atomic mass is 10.2. The summed E-state index contributed by atoms with van der Waals surface area (Å²) in [5.74, 6) is 4.65. The van der Waals surface area contributed by atoms with Gasteiger partial charge in [0, 0.05) is 18.7 Å². The van der Waals surface area contributed by atoms with E-state index in [-0.39, 0.29) is 18.1 Å². The summed E-state index contributed by atoms with van der Waals surface area (Å²) in [6, 6.07) is 1.48. The molecule has 1 amide bonds. The molecule has 0 fully saturated rings. The van der Waals surface area contributed by atoms with Crippen LogP contribution in [0.1, 0.15) is 23.0 Å². The average molecular weight is 308 g/mol. The molecule has 0 aliphatic rings. The van der Waals surface area contributed by atoms with Gasteiger partial charge in [0.1, 0.15) is 0 Å². The van der Waals surface area contributed by atoms with Gasteiger partial charge in [-0.1, -0.05) is 46.6 Å². The summed E-state index contributed by atoms with van der Waals surface area (Å²) < 4.78 is -1.99. The molecule has 0 bridgehead atoms. The molecule has 7 heteroatoms. The highest BCUT2D eigenvalue weighted by Crippen LogP contribution is 2.30. The number of H-pyrrole nitrogens is 1. The standard InChI is InChI=1S/C11H9Cl3N2O2/c1-7(17)15-4-2-3-8-5-9(16-6-8)10(18)11(12,13)14/h5-6,16H,4H2,1H3,(H,15,17). The third-order valence-electron chi connectivity index (χ3n) is 1.84. The smallest absolute Gasteiger partial charge is 0.254 e. The van der Waals surface area contributed by atoms with Crippen molar-refractivity contribution in [2.45, 2.75) is 10.7 Å². The molecular formula is C11H9Cl3N2O2. The Kier molecular flexibility index (Phi) is 5.09. The topological polar surface area (TPSA) is 62.0 Å². The van der Waals surface area contributed by atoms with Crippen LogP contribution in [-0.2, 0) is 4.79 Å². The van der Waals surface area contributed by atoms with Crippen LogP contribution in [0.5, 0.6) is 0 Å². The molecule has 0 aliphatic heterocycles. The number of Topliss-reactive ketones (excluding diaryl/α,β-unsaturated/α-hetero) is 1. The van der Waals surface area contributed by atoms with Crippen LogP contribution >= 0.6 is 34.8 Å². The Balaban J connectivity index is 2.70. The van der Waals surface area contributed by atoms with E-state index < -0.39 is 9.58 Å². The minimum Gasteiger partial charge on any atom is -0.357 e. The predicted molar refractivity (Wildman–Crippen MR) is 71.0 cm³/mol. The van der Waals surface area contributed by atoms with Gasteiger partial charge < -0.3 is 10.3 Å². The number of aromatic nitrogens is 1. The van der Waals surface area contributed by atoms with Gasteiger partial charge >= 0.3 is 0 Å². The second kappa shape index (κ2) is 6.14. The van der Waals surface area contributed by atoms with Crippen LogP contribution in [0.2, 0.25) is 0 Å². The Morgan fingerprint density at radius 2 is 2.11 bits per heavy atom. The molecule has 1 aromatic rings. The third kappa shape index (κ3) is 4.61. The normalized spacial score (nSPS) is 10.4. The van der Waals surface area contributed by atoms with Crippen LogP contribution in [-0.4, -0.2) is 27.0 Å². The molecule has 0 atom stereocenters. The first-order valence-electron chi connectivity index (χ1n) is 4.84. The molecule has 96 valence electrons. The molecule has 18 heavy (non-hydrogen) atoms. The van der Waals surface area contributed by atoms with Crippen LogP contribution in [0.25, 0.3) is 0 Å². The summed E-state index contributed by atoms with van der Waals surface area (Å²) in [4.78, 5) is 24.8. The first-order chi connectivity index (χ1) is 8.30. The Labute approximate surface area is 119 Å².